The quantitative estimate of drug-likeness (QED) is 0.0808. The number of aromatic nitrogens is 4. The van der Waals surface area contributed by atoms with E-state index in [1.807, 2.05) is 44.0 Å². The van der Waals surface area contributed by atoms with Crippen molar-refractivity contribution in [1.29, 1.82) is 0 Å². The summed E-state index contributed by atoms with van der Waals surface area (Å²) < 4.78 is 21.6. The second kappa shape index (κ2) is 19.1. The van der Waals surface area contributed by atoms with Crippen molar-refractivity contribution in [2.45, 2.75) is 123 Å². The number of benzene rings is 3. The second-order valence-electron chi connectivity index (χ2n) is 17.0. The maximum Gasteiger partial charge on any atom is 0.407 e. The van der Waals surface area contributed by atoms with Crippen LogP contribution in [-0.2, 0) is 37.0 Å². The molecule has 0 unspecified atom stereocenters. The van der Waals surface area contributed by atoms with Crippen molar-refractivity contribution in [2.24, 2.45) is 5.92 Å². The summed E-state index contributed by atoms with van der Waals surface area (Å²) in [6, 6.07) is 12.5. The number of methoxy groups -OCH3 is 3. The molecule has 4 heterocycles. The molecule has 2 aromatic heterocycles. The lowest BCUT2D eigenvalue weighted by molar-refractivity contribution is -0.139. The number of H-pyrrole nitrogens is 2. The van der Waals surface area contributed by atoms with Gasteiger partial charge in [0.05, 0.1) is 55.8 Å². The fraction of sp³-hybridized carbons (Fsp3) is 0.489. The minimum Gasteiger partial charge on any atom is -0.488 e. The summed E-state index contributed by atoms with van der Waals surface area (Å²) in [5.74, 6) is 1.51. The molecule has 336 valence electrons. The highest BCUT2D eigenvalue weighted by molar-refractivity contribution is 6.07. The fourth-order valence-corrected chi connectivity index (χ4v) is 9.04. The van der Waals surface area contributed by atoms with E-state index in [1.54, 1.807) is 11.8 Å². The Balaban J connectivity index is 1.14. The third-order valence-corrected chi connectivity index (χ3v) is 12.6. The lowest BCUT2D eigenvalue weighted by atomic mass is 9.92. The molecule has 0 radical (unpaired) electrons. The molecule has 63 heavy (non-hydrogen) atoms. The van der Waals surface area contributed by atoms with Crippen LogP contribution in [0.2, 0.25) is 0 Å². The van der Waals surface area contributed by atoms with Crippen molar-refractivity contribution in [3.63, 3.8) is 0 Å². The highest BCUT2D eigenvalue weighted by atomic mass is 16.5. The average molecular weight is 865 g/mol. The smallest absolute Gasteiger partial charge is 0.407 e. The summed E-state index contributed by atoms with van der Waals surface area (Å²) in [6.07, 6.45) is 3.89. The zero-order valence-electron chi connectivity index (χ0n) is 37.7. The van der Waals surface area contributed by atoms with Gasteiger partial charge in [-0.2, -0.15) is 0 Å². The molecule has 0 spiro atoms. The van der Waals surface area contributed by atoms with Gasteiger partial charge >= 0.3 is 12.2 Å². The van der Waals surface area contributed by atoms with Crippen molar-refractivity contribution in [3.8, 4) is 28.1 Å². The fourth-order valence-electron chi connectivity index (χ4n) is 9.04. The average Bonchev–Trinajstić information content (AvgIpc) is 4.06. The Kier molecular flexibility index (Phi) is 13.6. The van der Waals surface area contributed by atoms with Crippen LogP contribution in [0.15, 0.2) is 48.7 Å². The van der Waals surface area contributed by atoms with E-state index in [1.165, 1.54) is 21.3 Å². The van der Waals surface area contributed by atoms with Gasteiger partial charge in [-0.15, -0.1) is 0 Å². The van der Waals surface area contributed by atoms with Gasteiger partial charge < -0.3 is 49.3 Å². The first kappa shape index (κ1) is 44.9. The van der Waals surface area contributed by atoms with Gasteiger partial charge in [0.1, 0.15) is 36.1 Å². The number of fused-ring (bicyclic) bond motifs is 6. The maximum atomic E-state index is 14.1. The lowest BCUT2D eigenvalue weighted by Gasteiger charge is -2.34. The number of alkyl carbamates (subject to hydrolysis) is 2. The van der Waals surface area contributed by atoms with E-state index in [4.69, 9.17) is 28.9 Å². The molecule has 2 aliphatic heterocycles. The van der Waals surface area contributed by atoms with Gasteiger partial charge in [0.2, 0.25) is 11.8 Å². The summed E-state index contributed by atoms with van der Waals surface area (Å²) in [5.41, 5.74) is 6.46. The highest BCUT2D eigenvalue weighted by Crippen LogP contribution is 2.43. The van der Waals surface area contributed by atoms with Crippen molar-refractivity contribution < 1.29 is 38.1 Å². The van der Waals surface area contributed by atoms with Crippen molar-refractivity contribution in [1.82, 2.24) is 40.4 Å². The standard InChI is InChI=1S/C47H60N8O8/c1-10-12-26(5)54(44(56)41(27(6)60-7)53-47(59)62-9)23-39-49-35-17-14-28-20-34-32-16-13-29(19-30(32)24-63-38(34)21-33(28)42(35)51-39)36-22-48-43(50-36)37-18-15-31(11-2)55(37)45(57)40(25(3)4)52-46(58)61-8/h13-14,16-17,19-22,25-27,31,37,40-41H,10-12,15,18,23-24H2,1-9H3,(H,48,50)(H,49,51)(H,52,58)(H,53,59)/t26-,27+,31-,37-,40-,41-/m0/s1. The van der Waals surface area contributed by atoms with Gasteiger partial charge in [-0.05, 0) is 91.8 Å². The van der Waals surface area contributed by atoms with Crippen LogP contribution in [0.1, 0.15) is 96.9 Å². The number of carbonyl (C=O) groups is 4. The number of aromatic amines is 2. The third kappa shape index (κ3) is 9.04. The Morgan fingerprint density at radius 3 is 2.35 bits per heavy atom. The number of carbonyl (C=O) groups excluding carboxylic acids is 4. The third-order valence-electron chi connectivity index (χ3n) is 12.6. The zero-order valence-corrected chi connectivity index (χ0v) is 37.7. The normalized spacial score (nSPS) is 17.7. The van der Waals surface area contributed by atoms with Gasteiger partial charge in [0.15, 0.2) is 0 Å². The summed E-state index contributed by atoms with van der Waals surface area (Å²) >= 11 is 0. The molecular weight excluding hydrogens is 805 g/mol. The van der Waals surface area contributed by atoms with Gasteiger partial charge in [-0.25, -0.2) is 19.6 Å². The van der Waals surface area contributed by atoms with E-state index in [9.17, 15) is 19.2 Å². The number of imidazole rings is 2. The number of nitrogens with one attached hydrogen (secondary N) is 4. The van der Waals surface area contributed by atoms with Crippen LogP contribution in [0.3, 0.4) is 0 Å². The molecule has 16 heteroatoms. The molecule has 0 saturated carbocycles. The first-order chi connectivity index (χ1) is 30.3. The summed E-state index contributed by atoms with van der Waals surface area (Å²) in [4.78, 5) is 72.9. The summed E-state index contributed by atoms with van der Waals surface area (Å²) in [7, 11) is 4.06. The van der Waals surface area contributed by atoms with E-state index in [0.717, 1.165) is 87.6 Å². The van der Waals surface area contributed by atoms with Gasteiger partial charge in [-0.3, -0.25) is 9.59 Å². The topological polar surface area (TPSA) is 193 Å². The van der Waals surface area contributed by atoms with E-state index in [2.05, 4.69) is 64.8 Å². The van der Waals surface area contributed by atoms with Crippen molar-refractivity contribution >= 4 is 45.8 Å². The maximum absolute atomic E-state index is 14.1. The number of nitrogens with zero attached hydrogens (tertiary/aromatic N) is 4. The van der Waals surface area contributed by atoms with Gasteiger partial charge in [0, 0.05) is 30.1 Å². The van der Waals surface area contributed by atoms with Crippen molar-refractivity contribution in [2.75, 3.05) is 21.3 Å². The summed E-state index contributed by atoms with van der Waals surface area (Å²) in [5, 5.41) is 7.31. The molecule has 0 aliphatic carbocycles. The van der Waals surface area contributed by atoms with E-state index in [0.29, 0.717) is 18.3 Å². The molecule has 2 aliphatic rings. The van der Waals surface area contributed by atoms with E-state index in [-0.39, 0.29) is 42.4 Å². The Morgan fingerprint density at radius 1 is 0.921 bits per heavy atom. The van der Waals surface area contributed by atoms with E-state index >= 15 is 0 Å². The first-order valence-electron chi connectivity index (χ1n) is 21.9. The number of hydrogen-bond acceptors (Lipinski definition) is 10. The highest BCUT2D eigenvalue weighted by Gasteiger charge is 2.42. The number of rotatable bonds is 15. The molecular formula is C47H60N8O8. The number of ether oxygens (including phenoxy) is 4. The predicted molar refractivity (Wildman–Crippen MR) is 239 cm³/mol. The second-order valence-corrected chi connectivity index (χ2v) is 17.0. The molecule has 3 aromatic carbocycles. The van der Waals surface area contributed by atoms with Crippen LogP contribution in [0.4, 0.5) is 9.59 Å². The van der Waals surface area contributed by atoms with Gasteiger partial charge in [0.25, 0.3) is 0 Å². The molecule has 0 bridgehead atoms. The molecule has 4 amide bonds. The lowest BCUT2D eigenvalue weighted by Crippen LogP contribution is -2.55. The predicted octanol–water partition coefficient (Wildman–Crippen LogP) is 7.77. The Bertz CT molecular complexity index is 2480. The number of amides is 4. The van der Waals surface area contributed by atoms with Crippen molar-refractivity contribution in [3.05, 3.63) is 65.9 Å². The Hall–Kier alpha value is -6.16. The van der Waals surface area contributed by atoms with E-state index < -0.39 is 30.4 Å². The number of hydrogen-bond donors (Lipinski definition) is 4. The number of likely N-dealkylation sites (tertiary alicyclic amines) is 1. The molecule has 1 fully saturated rings. The SMILES string of the molecule is CCC[C@H](C)N(Cc1nc2c(ccc3cc4c(cc32)OCc2cc(-c3cnc([C@@H]5CC[C@H](CC)N5C(=O)[C@@H](NC(=O)OC)C(C)C)[nH]3)ccc2-4)[nH]1)C(=O)[C@@H](NC(=O)OC)[C@@H](C)OC. The first-order valence-corrected chi connectivity index (χ1v) is 21.9. The van der Waals surface area contributed by atoms with Crippen LogP contribution < -0.4 is 15.4 Å². The Labute approximate surface area is 367 Å². The molecule has 4 N–H and O–H groups in total. The molecule has 6 atom stereocenters. The van der Waals surface area contributed by atoms with Crippen LogP contribution in [0, 0.1) is 5.92 Å². The molecule has 5 aromatic rings. The minimum absolute atomic E-state index is 0.0295. The zero-order chi connectivity index (χ0) is 45.1. The van der Waals surface area contributed by atoms with Crippen LogP contribution in [0.5, 0.6) is 5.75 Å². The molecule has 16 nitrogen and oxygen atoms in total. The van der Waals surface area contributed by atoms with Crippen LogP contribution >= 0.6 is 0 Å². The largest absolute Gasteiger partial charge is 0.488 e. The minimum atomic E-state index is -0.956. The van der Waals surface area contributed by atoms with Crippen LogP contribution in [0.25, 0.3) is 44.2 Å². The molecule has 7 rings (SSSR count). The monoisotopic (exact) mass is 864 g/mol. The molecule has 1 saturated heterocycles. The Morgan fingerprint density at radius 2 is 1.67 bits per heavy atom. The summed E-state index contributed by atoms with van der Waals surface area (Å²) in [6.45, 7) is 12.3. The van der Waals surface area contributed by atoms with Gasteiger partial charge in [-0.1, -0.05) is 52.3 Å². The van der Waals surface area contributed by atoms with Crippen LogP contribution in [-0.4, -0.2) is 105 Å².